The number of hydrogen-bond donors (Lipinski definition) is 2. The lowest BCUT2D eigenvalue weighted by Gasteiger charge is -2.31. The average Bonchev–Trinajstić information content (AvgIpc) is 3.28. The molecule has 0 aliphatic carbocycles. The fraction of sp³-hybridized carbons (Fsp3) is 0.391. The smallest absolute Gasteiger partial charge is 0.409 e. The van der Waals surface area contributed by atoms with Crippen molar-refractivity contribution in [3.05, 3.63) is 47.7 Å². The van der Waals surface area contributed by atoms with E-state index in [0.29, 0.717) is 49.9 Å². The highest BCUT2D eigenvalue weighted by Crippen LogP contribution is 2.32. The van der Waals surface area contributed by atoms with Crippen molar-refractivity contribution in [1.82, 2.24) is 15.2 Å². The van der Waals surface area contributed by atoms with Gasteiger partial charge in [0.25, 0.3) is 5.91 Å². The van der Waals surface area contributed by atoms with Crippen LogP contribution >= 0.6 is 0 Å². The molecule has 1 saturated heterocycles. The largest absolute Gasteiger partial charge is 0.454 e. The number of fused-ring (bicyclic) bond motifs is 1. The first-order chi connectivity index (χ1) is 16.0. The van der Waals surface area contributed by atoms with Crippen molar-refractivity contribution in [2.45, 2.75) is 32.2 Å². The number of carbonyl (C=O) groups excluding carboxylic acids is 3. The maximum Gasteiger partial charge on any atom is 0.409 e. The first-order valence-electron chi connectivity index (χ1n) is 10.9. The number of carbonyl (C=O) groups is 3. The minimum Gasteiger partial charge on any atom is -0.454 e. The van der Waals surface area contributed by atoms with Gasteiger partial charge in [-0.05, 0) is 49.6 Å². The van der Waals surface area contributed by atoms with Crippen LogP contribution in [-0.4, -0.2) is 60.3 Å². The zero-order valence-electron chi connectivity index (χ0n) is 18.3. The van der Waals surface area contributed by atoms with Gasteiger partial charge in [0, 0.05) is 19.1 Å². The Balaban J connectivity index is 1.29. The molecule has 1 aromatic heterocycles. The van der Waals surface area contributed by atoms with Crippen molar-refractivity contribution in [3.63, 3.8) is 0 Å². The van der Waals surface area contributed by atoms with Crippen molar-refractivity contribution < 1.29 is 28.6 Å². The van der Waals surface area contributed by atoms with Gasteiger partial charge in [0.1, 0.15) is 11.5 Å². The van der Waals surface area contributed by atoms with Crippen molar-refractivity contribution in [2.75, 3.05) is 31.8 Å². The molecule has 10 heteroatoms. The third-order valence-corrected chi connectivity index (χ3v) is 5.41. The first-order valence-corrected chi connectivity index (χ1v) is 10.9. The molecule has 3 heterocycles. The molecule has 2 N–H and O–H groups in total. The number of amides is 3. The van der Waals surface area contributed by atoms with Crippen LogP contribution in [0, 0.1) is 0 Å². The van der Waals surface area contributed by atoms with Gasteiger partial charge in [-0.2, -0.15) is 0 Å². The summed E-state index contributed by atoms with van der Waals surface area (Å²) in [6.07, 6.45) is 1.08. The van der Waals surface area contributed by atoms with E-state index in [4.69, 9.17) is 14.2 Å². The summed E-state index contributed by atoms with van der Waals surface area (Å²) in [5.41, 5.74) is 0.989. The fourth-order valence-electron chi connectivity index (χ4n) is 3.73. The van der Waals surface area contributed by atoms with Crippen molar-refractivity contribution in [2.24, 2.45) is 0 Å². The predicted octanol–water partition coefficient (Wildman–Crippen LogP) is 2.34. The SMILES string of the molecule is CCOC(=O)N1CCC(NC(=O)c2cccc(NC(=O)Cc3ccc4c(c3)OCO4)n2)CC1. The quantitative estimate of drug-likeness (QED) is 0.688. The van der Waals surface area contributed by atoms with Gasteiger partial charge in [-0.25, -0.2) is 9.78 Å². The number of nitrogens with zero attached hydrogens (tertiary/aromatic N) is 2. The summed E-state index contributed by atoms with van der Waals surface area (Å²) in [5.74, 6) is 0.989. The highest BCUT2D eigenvalue weighted by molar-refractivity contribution is 5.95. The van der Waals surface area contributed by atoms with Crippen LogP contribution in [0.1, 0.15) is 35.8 Å². The number of aromatic nitrogens is 1. The van der Waals surface area contributed by atoms with E-state index in [-0.39, 0.29) is 42.9 Å². The molecule has 0 spiro atoms. The van der Waals surface area contributed by atoms with Crippen LogP contribution < -0.4 is 20.1 Å². The Labute approximate surface area is 191 Å². The van der Waals surface area contributed by atoms with E-state index >= 15 is 0 Å². The molecule has 3 amide bonds. The molecule has 2 aliphatic heterocycles. The number of benzene rings is 1. The molecule has 33 heavy (non-hydrogen) atoms. The molecule has 0 radical (unpaired) electrons. The molecule has 0 unspecified atom stereocenters. The Bertz CT molecular complexity index is 1040. The second kappa shape index (κ2) is 10.2. The zero-order valence-corrected chi connectivity index (χ0v) is 18.3. The van der Waals surface area contributed by atoms with E-state index in [1.54, 1.807) is 48.2 Å². The zero-order chi connectivity index (χ0) is 23.2. The maximum absolute atomic E-state index is 12.7. The minimum atomic E-state index is -0.326. The summed E-state index contributed by atoms with van der Waals surface area (Å²) in [6.45, 7) is 3.32. The Hall–Kier alpha value is -3.82. The number of rotatable bonds is 6. The molecule has 0 saturated carbocycles. The van der Waals surface area contributed by atoms with Crippen LogP contribution in [0.4, 0.5) is 10.6 Å². The second-order valence-corrected chi connectivity index (χ2v) is 7.75. The highest BCUT2D eigenvalue weighted by atomic mass is 16.7. The number of pyridine rings is 1. The maximum atomic E-state index is 12.7. The van der Waals surface area contributed by atoms with Gasteiger partial charge in [-0.15, -0.1) is 0 Å². The number of likely N-dealkylation sites (tertiary alicyclic amines) is 1. The Morgan fingerprint density at radius 2 is 1.91 bits per heavy atom. The van der Waals surface area contributed by atoms with Crippen LogP contribution in [0.5, 0.6) is 11.5 Å². The monoisotopic (exact) mass is 454 g/mol. The van der Waals surface area contributed by atoms with Crippen LogP contribution in [0.2, 0.25) is 0 Å². The predicted molar refractivity (Wildman–Crippen MR) is 118 cm³/mol. The molecule has 1 aromatic carbocycles. The van der Waals surface area contributed by atoms with E-state index in [1.165, 1.54) is 0 Å². The molecule has 174 valence electrons. The first kappa shape index (κ1) is 22.4. The average molecular weight is 454 g/mol. The third-order valence-electron chi connectivity index (χ3n) is 5.41. The van der Waals surface area contributed by atoms with Crippen molar-refractivity contribution >= 4 is 23.7 Å². The van der Waals surface area contributed by atoms with Gasteiger partial charge in [-0.3, -0.25) is 9.59 Å². The lowest BCUT2D eigenvalue weighted by Crippen LogP contribution is -2.46. The van der Waals surface area contributed by atoms with Crippen LogP contribution in [0.25, 0.3) is 0 Å². The summed E-state index contributed by atoms with van der Waals surface area (Å²) < 4.78 is 15.6. The van der Waals surface area contributed by atoms with Crippen LogP contribution in [0.3, 0.4) is 0 Å². The standard InChI is InChI=1S/C23H26N4O6/c1-2-31-23(30)27-10-8-16(9-11-27)24-22(29)17-4-3-5-20(25-17)26-21(28)13-15-6-7-18-19(12-15)33-14-32-18/h3-7,12,16H,2,8-11,13-14H2,1H3,(H,24,29)(H,25,26,28). The highest BCUT2D eigenvalue weighted by Gasteiger charge is 2.25. The summed E-state index contributed by atoms with van der Waals surface area (Å²) >= 11 is 0. The lowest BCUT2D eigenvalue weighted by atomic mass is 10.1. The lowest BCUT2D eigenvalue weighted by molar-refractivity contribution is -0.115. The minimum absolute atomic E-state index is 0.0609. The topological polar surface area (TPSA) is 119 Å². The Kier molecular flexibility index (Phi) is 6.92. The van der Waals surface area contributed by atoms with Crippen molar-refractivity contribution in [3.8, 4) is 11.5 Å². The number of hydrogen-bond acceptors (Lipinski definition) is 7. The summed E-state index contributed by atoms with van der Waals surface area (Å²) in [5, 5.41) is 5.68. The van der Waals surface area contributed by atoms with Gasteiger partial charge in [-0.1, -0.05) is 12.1 Å². The fourth-order valence-corrected chi connectivity index (χ4v) is 3.73. The van der Waals surface area contributed by atoms with Gasteiger partial charge in [0.05, 0.1) is 13.0 Å². The molecular formula is C23H26N4O6. The molecule has 2 aromatic rings. The molecule has 4 rings (SSSR count). The Morgan fingerprint density at radius 1 is 1.12 bits per heavy atom. The van der Waals surface area contributed by atoms with E-state index < -0.39 is 0 Å². The summed E-state index contributed by atoms with van der Waals surface area (Å²) in [7, 11) is 0. The third kappa shape index (κ3) is 5.71. The number of anilines is 1. The molecule has 1 fully saturated rings. The molecular weight excluding hydrogens is 428 g/mol. The van der Waals surface area contributed by atoms with Gasteiger partial charge in [0.2, 0.25) is 12.7 Å². The molecule has 0 atom stereocenters. The van der Waals surface area contributed by atoms with Gasteiger partial charge < -0.3 is 29.7 Å². The van der Waals surface area contributed by atoms with E-state index in [9.17, 15) is 14.4 Å². The molecule has 0 bridgehead atoms. The van der Waals surface area contributed by atoms with Crippen LogP contribution in [-0.2, 0) is 16.0 Å². The van der Waals surface area contributed by atoms with Crippen LogP contribution in [0.15, 0.2) is 36.4 Å². The Morgan fingerprint density at radius 3 is 2.70 bits per heavy atom. The molecule has 10 nitrogen and oxygen atoms in total. The van der Waals surface area contributed by atoms with E-state index in [1.807, 2.05) is 0 Å². The number of piperidine rings is 1. The van der Waals surface area contributed by atoms with E-state index in [2.05, 4.69) is 15.6 Å². The second-order valence-electron chi connectivity index (χ2n) is 7.75. The van der Waals surface area contributed by atoms with Gasteiger partial charge in [0.15, 0.2) is 11.5 Å². The molecule has 2 aliphatic rings. The van der Waals surface area contributed by atoms with Gasteiger partial charge >= 0.3 is 6.09 Å². The van der Waals surface area contributed by atoms with Crippen molar-refractivity contribution in [1.29, 1.82) is 0 Å². The number of nitrogens with one attached hydrogen (secondary N) is 2. The summed E-state index contributed by atoms with van der Waals surface area (Å²) in [6, 6.07) is 10.2. The summed E-state index contributed by atoms with van der Waals surface area (Å²) in [4.78, 5) is 42.8. The normalized spacial score (nSPS) is 15.1. The van der Waals surface area contributed by atoms with E-state index in [0.717, 1.165) is 5.56 Å². The number of ether oxygens (including phenoxy) is 3.